The second kappa shape index (κ2) is 8.54. The summed E-state index contributed by atoms with van der Waals surface area (Å²) in [6, 6.07) is 0. The molecule has 0 radical (unpaired) electrons. The molecule has 0 amide bonds. The van der Waals surface area contributed by atoms with Crippen molar-refractivity contribution in [3.63, 3.8) is 0 Å². The van der Waals surface area contributed by atoms with E-state index in [4.69, 9.17) is 5.11 Å². The van der Waals surface area contributed by atoms with E-state index in [1.165, 1.54) is 19.3 Å². The summed E-state index contributed by atoms with van der Waals surface area (Å²) in [5.74, 6) is -0.814. The topological polar surface area (TPSA) is 37.3 Å². The molecule has 0 aromatic carbocycles. The summed E-state index contributed by atoms with van der Waals surface area (Å²) in [6.07, 6.45) is 10.8. The van der Waals surface area contributed by atoms with Crippen molar-refractivity contribution >= 4 is 5.97 Å². The van der Waals surface area contributed by atoms with Crippen molar-refractivity contribution < 1.29 is 9.90 Å². The Morgan fingerprint density at radius 2 is 2.00 bits per heavy atom. The SMILES string of the molecule is CCCCC/C=C/C=C(\CC)C(=O)O. The van der Waals surface area contributed by atoms with Gasteiger partial charge in [-0.05, 0) is 19.3 Å². The molecule has 2 nitrogen and oxygen atoms in total. The number of rotatable bonds is 7. The molecule has 0 rings (SSSR count). The van der Waals surface area contributed by atoms with E-state index in [2.05, 4.69) is 6.92 Å². The predicted octanol–water partition coefficient (Wildman–Crippen LogP) is 3.54. The summed E-state index contributed by atoms with van der Waals surface area (Å²) >= 11 is 0. The zero-order valence-corrected chi connectivity index (χ0v) is 9.12. The van der Waals surface area contributed by atoms with Crippen LogP contribution >= 0.6 is 0 Å². The van der Waals surface area contributed by atoms with Gasteiger partial charge in [0.25, 0.3) is 0 Å². The molecule has 14 heavy (non-hydrogen) atoms. The quantitative estimate of drug-likeness (QED) is 0.384. The molecule has 0 aliphatic carbocycles. The van der Waals surface area contributed by atoms with Crippen LogP contribution in [0.3, 0.4) is 0 Å². The molecule has 1 N–H and O–H groups in total. The van der Waals surface area contributed by atoms with Crippen molar-refractivity contribution in [2.24, 2.45) is 0 Å². The molecular weight excluding hydrogens is 176 g/mol. The van der Waals surface area contributed by atoms with Gasteiger partial charge in [-0.15, -0.1) is 0 Å². The van der Waals surface area contributed by atoms with Crippen LogP contribution in [0.2, 0.25) is 0 Å². The zero-order valence-electron chi connectivity index (χ0n) is 9.12. The maximum Gasteiger partial charge on any atom is 0.331 e. The van der Waals surface area contributed by atoms with Gasteiger partial charge < -0.3 is 5.11 Å². The van der Waals surface area contributed by atoms with E-state index in [1.54, 1.807) is 6.08 Å². The summed E-state index contributed by atoms with van der Waals surface area (Å²) in [4.78, 5) is 10.6. The summed E-state index contributed by atoms with van der Waals surface area (Å²) in [7, 11) is 0. The Morgan fingerprint density at radius 1 is 1.29 bits per heavy atom. The van der Waals surface area contributed by atoms with Crippen LogP contribution in [0.15, 0.2) is 23.8 Å². The molecule has 80 valence electrons. The van der Waals surface area contributed by atoms with Gasteiger partial charge >= 0.3 is 5.97 Å². The van der Waals surface area contributed by atoms with Crippen molar-refractivity contribution in [1.82, 2.24) is 0 Å². The predicted molar refractivity (Wildman–Crippen MR) is 59.3 cm³/mol. The Morgan fingerprint density at radius 3 is 2.50 bits per heavy atom. The molecule has 0 aromatic heterocycles. The molecule has 0 unspecified atom stereocenters. The first kappa shape index (κ1) is 12.9. The van der Waals surface area contributed by atoms with Gasteiger partial charge in [0.15, 0.2) is 0 Å². The molecule has 0 saturated carbocycles. The van der Waals surface area contributed by atoms with Crippen LogP contribution in [-0.2, 0) is 4.79 Å². The highest BCUT2D eigenvalue weighted by atomic mass is 16.4. The van der Waals surface area contributed by atoms with Crippen molar-refractivity contribution in [2.75, 3.05) is 0 Å². The lowest BCUT2D eigenvalue weighted by Gasteiger charge is -1.94. The molecule has 0 heterocycles. The Bertz CT molecular complexity index is 214. The van der Waals surface area contributed by atoms with Crippen LogP contribution in [-0.4, -0.2) is 11.1 Å². The average Bonchev–Trinajstić information content (AvgIpc) is 2.16. The van der Waals surface area contributed by atoms with E-state index in [1.807, 2.05) is 19.1 Å². The molecule has 0 bridgehead atoms. The average molecular weight is 196 g/mol. The van der Waals surface area contributed by atoms with Gasteiger partial charge in [-0.3, -0.25) is 0 Å². The van der Waals surface area contributed by atoms with Crippen molar-refractivity contribution in [3.05, 3.63) is 23.8 Å². The summed E-state index contributed by atoms with van der Waals surface area (Å²) in [6.45, 7) is 4.02. The molecule has 0 aromatic rings. The smallest absolute Gasteiger partial charge is 0.331 e. The lowest BCUT2D eigenvalue weighted by molar-refractivity contribution is -0.132. The number of hydrogen-bond donors (Lipinski definition) is 1. The van der Waals surface area contributed by atoms with E-state index in [-0.39, 0.29) is 0 Å². The van der Waals surface area contributed by atoms with Crippen molar-refractivity contribution in [1.29, 1.82) is 0 Å². The van der Waals surface area contributed by atoms with Gasteiger partial charge in [-0.25, -0.2) is 4.79 Å². The van der Waals surface area contributed by atoms with Gasteiger partial charge in [0, 0.05) is 5.57 Å². The normalized spacial score (nSPS) is 12.3. The highest BCUT2D eigenvalue weighted by Gasteiger charge is 2.00. The molecular formula is C12H20O2. The molecule has 2 heteroatoms. The van der Waals surface area contributed by atoms with Crippen LogP contribution < -0.4 is 0 Å². The molecule has 0 spiro atoms. The third-order valence-electron chi connectivity index (χ3n) is 2.06. The number of unbranched alkanes of at least 4 members (excludes halogenated alkanes) is 3. The monoisotopic (exact) mass is 196 g/mol. The van der Waals surface area contributed by atoms with Crippen LogP contribution in [0.5, 0.6) is 0 Å². The first-order valence-electron chi connectivity index (χ1n) is 5.31. The summed E-state index contributed by atoms with van der Waals surface area (Å²) in [5.41, 5.74) is 0.469. The van der Waals surface area contributed by atoms with E-state index in [0.29, 0.717) is 12.0 Å². The Balaban J connectivity index is 3.81. The number of carboxylic acids is 1. The van der Waals surface area contributed by atoms with Crippen molar-refractivity contribution in [3.8, 4) is 0 Å². The fourth-order valence-corrected chi connectivity index (χ4v) is 1.13. The molecule has 0 atom stereocenters. The number of hydrogen-bond acceptors (Lipinski definition) is 1. The second-order valence-corrected chi connectivity index (χ2v) is 3.27. The first-order valence-corrected chi connectivity index (χ1v) is 5.31. The highest BCUT2D eigenvalue weighted by molar-refractivity contribution is 5.86. The zero-order chi connectivity index (χ0) is 10.8. The lowest BCUT2D eigenvalue weighted by atomic mass is 10.1. The minimum atomic E-state index is -0.814. The maximum atomic E-state index is 10.6. The summed E-state index contributed by atoms with van der Waals surface area (Å²) < 4.78 is 0. The minimum Gasteiger partial charge on any atom is -0.478 e. The number of carboxylic acid groups (broad SMARTS) is 1. The number of allylic oxidation sites excluding steroid dienone is 3. The third-order valence-corrected chi connectivity index (χ3v) is 2.06. The van der Waals surface area contributed by atoms with Crippen LogP contribution in [0.4, 0.5) is 0 Å². The van der Waals surface area contributed by atoms with E-state index in [0.717, 1.165) is 6.42 Å². The Hall–Kier alpha value is -1.05. The van der Waals surface area contributed by atoms with Gasteiger partial charge in [0.1, 0.15) is 0 Å². The van der Waals surface area contributed by atoms with E-state index in [9.17, 15) is 4.79 Å². The minimum absolute atomic E-state index is 0.469. The fraction of sp³-hybridized carbons (Fsp3) is 0.583. The van der Waals surface area contributed by atoms with Crippen LogP contribution in [0, 0.1) is 0 Å². The van der Waals surface area contributed by atoms with Gasteiger partial charge in [0.05, 0.1) is 0 Å². The first-order chi connectivity index (χ1) is 6.72. The Labute approximate surface area is 86.3 Å². The standard InChI is InChI=1S/C12H20O2/c1-3-5-6-7-8-9-10-11(4-2)12(13)14/h8-10H,3-7H2,1-2H3,(H,13,14)/b9-8+,11-10+. The highest BCUT2D eigenvalue weighted by Crippen LogP contribution is 2.03. The number of aliphatic carboxylic acids is 1. The summed E-state index contributed by atoms with van der Waals surface area (Å²) in [5, 5.41) is 8.71. The van der Waals surface area contributed by atoms with E-state index < -0.39 is 5.97 Å². The maximum absolute atomic E-state index is 10.6. The van der Waals surface area contributed by atoms with Crippen LogP contribution in [0.1, 0.15) is 46.0 Å². The number of carbonyl (C=O) groups is 1. The molecule has 0 aliphatic heterocycles. The largest absolute Gasteiger partial charge is 0.478 e. The fourth-order valence-electron chi connectivity index (χ4n) is 1.13. The lowest BCUT2D eigenvalue weighted by Crippen LogP contribution is -1.97. The van der Waals surface area contributed by atoms with Crippen molar-refractivity contribution in [2.45, 2.75) is 46.0 Å². The Kier molecular flexibility index (Phi) is 7.90. The third kappa shape index (κ3) is 6.46. The van der Waals surface area contributed by atoms with Gasteiger partial charge in [-0.1, -0.05) is 44.9 Å². The van der Waals surface area contributed by atoms with Gasteiger partial charge in [-0.2, -0.15) is 0 Å². The molecule has 0 aliphatic rings. The van der Waals surface area contributed by atoms with Gasteiger partial charge in [0.2, 0.25) is 0 Å². The molecule has 0 saturated heterocycles. The molecule has 0 fully saturated rings. The second-order valence-electron chi connectivity index (χ2n) is 3.27. The van der Waals surface area contributed by atoms with Crippen LogP contribution in [0.25, 0.3) is 0 Å². The van der Waals surface area contributed by atoms with E-state index >= 15 is 0 Å².